The highest BCUT2D eigenvalue weighted by Crippen LogP contribution is 2.34. The first-order valence-electron chi connectivity index (χ1n) is 12.8. The average Bonchev–Trinajstić information content (AvgIpc) is 3.44. The van der Waals surface area contributed by atoms with Crippen LogP contribution in [-0.4, -0.2) is 68.6 Å². The number of H-pyrrole nitrogens is 1. The van der Waals surface area contributed by atoms with E-state index in [0.717, 1.165) is 50.8 Å². The van der Waals surface area contributed by atoms with Crippen LogP contribution in [0, 0.1) is 0 Å². The second kappa shape index (κ2) is 13.4. The molecule has 1 aromatic heterocycles. The Labute approximate surface area is 228 Å². The van der Waals surface area contributed by atoms with E-state index < -0.39 is 5.97 Å². The summed E-state index contributed by atoms with van der Waals surface area (Å²) >= 11 is 0. The van der Waals surface area contributed by atoms with Gasteiger partial charge in [-0.2, -0.15) is 0 Å². The summed E-state index contributed by atoms with van der Waals surface area (Å²) in [5.41, 5.74) is 7.60. The molecule has 3 N–H and O–H groups in total. The highest BCUT2D eigenvalue weighted by Gasteiger charge is 2.16. The van der Waals surface area contributed by atoms with E-state index in [1.165, 1.54) is 13.2 Å². The van der Waals surface area contributed by atoms with Crippen molar-refractivity contribution in [1.29, 1.82) is 0 Å². The van der Waals surface area contributed by atoms with Gasteiger partial charge in [-0.25, -0.2) is 9.78 Å². The molecule has 0 radical (unpaired) electrons. The number of methoxy groups -OCH3 is 2. The van der Waals surface area contributed by atoms with Crippen molar-refractivity contribution < 1.29 is 19.4 Å². The highest BCUT2D eigenvalue weighted by molar-refractivity contribution is 5.87. The smallest absolute Gasteiger partial charge is 0.330 e. The van der Waals surface area contributed by atoms with Crippen LogP contribution in [0.2, 0.25) is 0 Å². The number of carbonyl (C=O) groups is 1. The fourth-order valence-corrected chi connectivity index (χ4v) is 4.24. The number of aromatic amines is 1. The molecule has 8 nitrogen and oxygen atoms in total. The Morgan fingerprint density at radius 1 is 0.949 bits per heavy atom. The van der Waals surface area contributed by atoms with Gasteiger partial charge in [-0.05, 0) is 35.9 Å². The van der Waals surface area contributed by atoms with Crippen LogP contribution in [0.4, 0.5) is 11.4 Å². The molecule has 0 bridgehead atoms. The number of hydrogen-bond donors (Lipinski definition) is 3. The number of rotatable bonds is 12. The first-order valence-corrected chi connectivity index (χ1v) is 12.8. The quantitative estimate of drug-likeness (QED) is 0.175. The first-order chi connectivity index (χ1) is 19.1. The lowest BCUT2D eigenvalue weighted by Gasteiger charge is -2.23. The number of hydrogen-bond acceptors (Lipinski definition) is 7. The number of ether oxygens (including phenoxy) is 2. The van der Waals surface area contributed by atoms with Crippen molar-refractivity contribution in [3.05, 3.63) is 84.4 Å². The van der Waals surface area contributed by atoms with Crippen LogP contribution in [0.25, 0.3) is 40.0 Å². The molecule has 4 aromatic rings. The molecule has 8 heteroatoms. The van der Waals surface area contributed by atoms with Crippen molar-refractivity contribution >= 4 is 23.4 Å². The SMILES string of the molecule is CNc1ccc(-c2[nH]c(-c3ccc(/C=C/C(=O)OC)cc3)nc2-c2ccc(N(CCO)CCOC)cc2)cc1. The van der Waals surface area contributed by atoms with Gasteiger partial charge in [0.1, 0.15) is 5.82 Å². The molecule has 0 aliphatic rings. The zero-order valence-electron chi connectivity index (χ0n) is 22.5. The van der Waals surface area contributed by atoms with Crippen LogP contribution < -0.4 is 10.2 Å². The largest absolute Gasteiger partial charge is 0.466 e. The minimum absolute atomic E-state index is 0.0677. The molecule has 1 heterocycles. The van der Waals surface area contributed by atoms with Crippen LogP contribution in [0.15, 0.2) is 78.9 Å². The van der Waals surface area contributed by atoms with Crippen LogP contribution >= 0.6 is 0 Å². The molecular weight excluding hydrogens is 492 g/mol. The maximum absolute atomic E-state index is 11.4. The molecule has 0 fully saturated rings. The number of carbonyl (C=O) groups excluding carboxylic acids is 1. The number of anilines is 2. The normalized spacial score (nSPS) is 11.1. The minimum Gasteiger partial charge on any atom is -0.466 e. The average molecular weight is 527 g/mol. The van der Waals surface area contributed by atoms with E-state index in [9.17, 15) is 9.90 Å². The van der Waals surface area contributed by atoms with E-state index in [1.807, 2.05) is 55.6 Å². The molecule has 39 heavy (non-hydrogen) atoms. The van der Waals surface area contributed by atoms with Crippen molar-refractivity contribution in [1.82, 2.24) is 9.97 Å². The lowest BCUT2D eigenvalue weighted by atomic mass is 10.0. The molecule has 0 spiro atoms. The van der Waals surface area contributed by atoms with Crippen LogP contribution in [-0.2, 0) is 14.3 Å². The summed E-state index contributed by atoms with van der Waals surface area (Å²) in [4.78, 5) is 22.0. The van der Waals surface area contributed by atoms with Crippen molar-refractivity contribution in [2.24, 2.45) is 0 Å². The van der Waals surface area contributed by atoms with E-state index in [4.69, 9.17) is 9.72 Å². The number of aromatic nitrogens is 2. The topological polar surface area (TPSA) is 99.7 Å². The molecule has 0 atom stereocenters. The lowest BCUT2D eigenvalue weighted by Crippen LogP contribution is -2.30. The third-order valence-corrected chi connectivity index (χ3v) is 6.40. The Bertz CT molecular complexity index is 1380. The fraction of sp³-hybridized carbons (Fsp3) is 0.226. The molecule has 3 aromatic carbocycles. The molecule has 0 aliphatic heterocycles. The van der Waals surface area contributed by atoms with Gasteiger partial charge in [-0.15, -0.1) is 0 Å². The number of imidazole rings is 1. The number of nitrogens with one attached hydrogen (secondary N) is 2. The maximum Gasteiger partial charge on any atom is 0.330 e. The first kappa shape index (κ1) is 27.6. The van der Waals surface area contributed by atoms with Crippen molar-refractivity contribution in [2.45, 2.75) is 0 Å². The predicted octanol–water partition coefficient (Wildman–Crippen LogP) is 5.08. The highest BCUT2D eigenvalue weighted by atomic mass is 16.5. The summed E-state index contributed by atoms with van der Waals surface area (Å²) in [5.74, 6) is 0.347. The van der Waals surface area contributed by atoms with E-state index in [2.05, 4.69) is 44.2 Å². The van der Waals surface area contributed by atoms with Crippen molar-refractivity contribution in [2.75, 3.05) is 57.8 Å². The Kier molecular flexibility index (Phi) is 9.50. The molecule has 0 amide bonds. The van der Waals surface area contributed by atoms with Gasteiger partial charge in [0.25, 0.3) is 0 Å². The summed E-state index contributed by atoms with van der Waals surface area (Å²) in [6, 6.07) is 24.2. The van der Waals surface area contributed by atoms with Gasteiger partial charge >= 0.3 is 5.97 Å². The maximum atomic E-state index is 11.4. The summed E-state index contributed by atoms with van der Waals surface area (Å²) in [7, 11) is 4.92. The summed E-state index contributed by atoms with van der Waals surface area (Å²) in [5, 5.41) is 12.7. The monoisotopic (exact) mass is 526 g/mol. The summed E-state index contributed by atoms with van der Waals surface area (Å²) in [6.45, 7) is 1.87. The minimum atomic E-state index is -0.395. The van der Waals surface area contributed by atoms with Crippen LogP contribution in [0.3, 0.4) is 0 Å². The molecular formula is C31H34N4O4. The standard InChI is InChI=1S/C31H34N4O4/c1-32-26-13-9-23(10-14-26)29-30(24-11-15-27(16-12-24)35(18-20-36)19-21-38-2)34-31(33-29)25-7-4-22(5-8-25)6-17-28(37)39-3/h4-17,32,36H,18-21H2,1-3H3,(H,33,34)/b17-6+. The van der Waals surface area contributed by atoms with E-state index in [1.54, 1.807) is 13.2 Å². The zero-order valence-corrected chi connectivity index (χ0v) is 22.5. The van der Waals surface area contributed by atoms with Crippen molar-refractivity contribution in [3.63, 3.8) is 0 Å². The molecule has 202 valence electrons. The number of aliphatic hydroxyl groups excluding tert-OH is 1. The van der Waals surface area contributed by atoms with Crippen molar-refractivity contribution in [3.8, 4) is 33.9 Å². The van der Waals surface area contributed by atoms with Gasteiger partial charge in [0.05, 0.1) is 31.7 Å². The van der Waals surface area contributed by atoms with Gasteiger partial charge < -0.3 is 29.8 Å². The van der Waals surface area contributed by atoms with Crippen LogP contribution in [0.1, 0.15) is 5.56 Å². The van der Waals surface area contributed by atoms with E-state index >= 15 is 0 Å². The second-order valence-corrected chi connectivity index (χ2v) is 8.87. The lowest BCUT2D eigenvalue weighted by molar-refractivity contribution is -0.134. The summed E-state index contributed by atoms with van der Waals surface area (Å²) < 4.78 is 9.89. The fourth-order valence-electron chi connectivity index (χ4n) is 4.24. The van der Waals surface area contributed by atoms with Gasteiger partial charge in [-0.3, -0.25) is 0 Å². The predicted molar refractivity (Wildman–Crippen MR) is 157 cm³/mol. The molecule has 0 unspecified atom stereocenters. The zero-order chi connectivity index (χ0) is 27.6. The Hall–Kier alpha value is -4.40. The van der Waals surface area contributed by atoms with Gasteiger partial charge in [0, 0.05) is 61.4 Å². The Morgan fingerprint density at radius 2 is 1.62 bits per heavy atom. The molecule has 4 rings (SSSR count). The number of benzene rings is 3. The second-order valence-electron chi connectivity index (χ2n) is 8.87. The Morgan fingerprint density at radius 3 is 2.23 bits per heavy atom. The van der Waals surface area contributed by atoms with Gasteiger partial charge in [-0.1, -0.05) is 48.5 Å². The third kappa shape index (κ3) is 6.93. The third-order valence-electron chi connectivity index (χ3n) is 6.40. The van der Waals surface area contributed by atoms with Crippen LogP contribution in [0.5, 0.6) is 0 Å². The van der Waals surface area contributed by atoms with E-state index in [0.29, 0.717) is 19.7 Å². The molecule has 0 saturated carbocycles. The number of aliphatic hydroxyl groups is 1. The van der Waals surface area contributed by atoms with Gasteiger partial charge in [0.15, 0.2) is 0 Å². The summed E-state index contributed by atoms with van der Waals surface area (Å²) in [6.07, 6.45) is 3.11. The Balaban J connectivity index is 1.70. The number of esters is 1. The number of nitrogens with zero attached hydrogens (tertiary/aromatic N) is 2. The molecule has 0 aliphatic carbocycles. The van der Waals surface area contributed by atoms with E-state index in [-0.39, 0.29) is 6.61 Å². The molecule has 0 saturated heterocycles. The van der Waals surface area contributed by atoms with Gasteiger partial charge in [0.2, 0.25) is 0 Å².